The Bertz CT molecular complexity index is 749. The number of likely N-dealkylation sites (tertiary alicyclic amines) is 1. The molecule has 2 heterocycles. The van der Waals surface area contributed by atoms with Gasteiger partial charge in [0.05, 0.1) is 6.61 Å². The maximum absolute atomic E-state index is 12.7. The molecule has 0 aliphatic carbocycles. The van der Waals surface area contributed by atoms with Gasteiger partial charge in [0, 0.05) is 44.2 Å². The molecule has 2 amide bonds. The minimum absolute atomic E-state index is 0.0162. The van der Waals surface area contributed by atoms with Crippen LogP contribution in [0.5, 0.6) is 0 Å². The fraction of sp³-hybridized carbons (Fsp3) is 0.682. The van der Waals surface area contributed by atoms with Crippen LogP contribution in [-0.4, -0.2) is 79.4 Å². The summed E-state index contributed by atoms with van der Waals surface area (Å²) < 4.78 is 5.08. The van der Waals surface area contributed by atoms with Gasteiger partial charge in [-0.15, -0.1) is 0 Å². The monoisotopic (exact) mass is 420 g/mol. The van der Waals surface area contributed by atoms with Crippen LogP contribution in [0.2, 0.25) is 0 Å². The van der Waals surface area contributed by atoms with Crippen LogP contribution in [0.25, 0.3) is 0 Å². The zero-order valence-corrected chi connectivity index (χ0v) is 19.0. The summed E-state index contributed by atoms with van der Waals surface area (Å²) in [6, 6.07) is 0. The van der Waals surface area contributed by atoms with E-state index in [1.165, 1.54) is 0 Å². The number of nitrogens with one attached hydrogen (secondary N) is 2. The average molecular weight is 421 g/mol. The smallest absolute Gasteiger partial charge is 0.355 e. The van der Waals surface area contributed by atoms with Crippen molar-refractivity contribution >= 4 is 17.8 Å². The highest BCUT2D eigenvalue weighted by molar-refractivity contribution is 5.90. The van der Waals surface area contributed by atoms with E-state index in [0.29, 0.717) is 57.6 Å². The Labute approximate surface area is 179 Å². The van der Waals surface area contributed by atoms with Gasteiger partial charge < -0.3 is 24.8 Å². The zero-order valence-electron chi connectivity index (χ0n) is 19.0. The average Bonchev–Trinajstić information content (AvgIpc) is 2.99. The van der Waals surface area contributed by atoms with Crippen LogP contribution in [0.15, 0.2) is 0 Å². The zero-order chi connectivity index (χ0) is 22.3. The molecule has 1 aromatic heterocycles. The largest absolute Gasteiger partial charge is 0.461 e. The molecular weight excluding hydrogens is 384 g/mol. The number of H-pyrrole nitrogens is 1. The van der Waals surface area contributed by atoms with E-state index in [1.807, 2.05) is 37.7 Å². The van der Waals surface area contributed by atoms with E-state index in [9.17, 15) is 14.4 Å². The molecule has 1 fully saturated rings. The van der Waals surface area contributed by atoms with Crippen molar-refractivity contribution in [2.24, 2.45) is 5.92 Å². The van der Waals surface area contributed by atoms with Gasteiger partial charge in [0.15, 0.2) is 0 Å². The molecule has 1 aromatic rings. The third-order valence-corrected chi connectivity index (χ3v) is 5.74. The van der Waals surface area contributed by atoms with Crippen LogP contribution >= 0.6 is 0 Å². The van der Waals surface area contributed by atoms with Crippen molar-refractivity contribution in [3.05, 3.63) is 22.5 Å². The molecule has 8 nitrogen and oxygen atoms in total. The number of likely N-dealkylation sites (N-methyl/N-ethyl adjacent to an activating group) is 1. The molecule has 1 aliphatic heterocycles. The lowest BCUT2D eigenvalue weighted by Gasteiger charge is -2.31. The van der Waals surface area contributed by atoms with Gasteiger partial charge in [-0.25, -0.2) is 4.79 Å². The SMILES string of the molecule is CCOC(=O)c1[nH]c(C)c(CCC(=O)N2CCC(C(=O)NCCN(C)C)CC2)c1C. The number of hydrogen-bond donors (Lipinski definition) is 2. The summed E-state index contributed by atoms with van der Waals surface area (Å²) in [5.41, 5.74) is 3.22. The Morgan fingerprint density at radius 2 is 1.87 bits per heavy atom. The number of aromatic nitrogens is 1. The Hall–Kier alpha value is -2.35. The number of esters is 1. The summed E-state index contributed by atoms with van der Waals surface area (Å²) in [7, 11) is 3.95. The standard InChI is InChI=1S/C22H36N4O4/c1-6-30-22(29)20-15(2)18(16(3)24-20)7-8-19(27)26-12-9-17(10-13-26)21(28)23-11-14-25(4)5/h17,24H,6-14H2,1-5H3,(H,23,28). The van der Waals surface area contributed by atoms with E-state index in [1.54, 1.807) is 6.92 Å². The number of amides is 2. The van der Waals surface area contributed by atoms with Gasteiger partial charge in [0.1, 0.15) is 5.69 Å². The topological polar surface area (TPSA) is 94.7 Å². The third kappa shape index (κ3) is 6.32. The first-order valence-electron chi connectivity index (χ1n) is 10.8. The van der Waals surface area contributed by atoms with Gasteiger partial charge >= 0.3 is 5.97 Å². The minimum atomic E-state index is -0.360. The maximum Gasteiger partial charge on any atom is 0.355 e. The van der Waals surface area contributed by atoms with E-state index in [0.717, 1.165) is 23.4 Å². The second-order valence-electron chi connectivity index (χ2n) is 8.20. The predicted molar refractivity (Wildman–Crippen MR) is 115 cm³/mol. The lowest BCUT2D eigenvalue weighted by molar-refractivity contribution is -0.135. The van der Waals surface area contributed by atoms with E-state index >= 15 is 0 Å². The third-order valence-electron chi connectivity index (χ3n) is 5.74. The summed E-state index contributed by atoms with van der Waals surface area (Å²) >= 11 is 0. The quantitative estimate of drug-likeness (QED) is 0.593. The molecule has 2 rings (SSSR count). The lowest BCUT2D eigenvalue weighted by Crippen LogP contribution is -2.44. The Kier molecular flexibility index (Phi) is 8.89. The van der Waals surface area contributed by atoms with Crippen molar-refractivity contribution in [1.82, 2.24) is 20.1 Å². The highest BCUT2D eigenvalue weighted by Gasteiger charge is 2.27. The molecule has 0 radical (unpaired) electrons. The van der Waals surface area contributed by atoms with Gasteiger partial charge in [0.25, 0.3) is 0 Å². The Morgan fingerprint density at radius 3 is 2.47 bits per heavy atom. The van der Waals surface area contributed by atoms with Gasteiger partial charge in [0.2, 0.25) is 11.8 Å². The number of carbonyl (C=O) groups excluding carboxylic acids is 3. The number of aryl methyl sites for hydroxylation is 1. The number of hydrogen-bond acceptors (Lipinski definition) is 5. The van der Waals surface area contributed by atoms with Crippen LogP contribution in [0.3, 0.4) is 0 Å². The van der Waals surface area contributed by atoms with E-state index < -0.39 is 0 Å². The van der Waals surface area contributed by atoms with E-state index in [4.69, 9.17) is 4.74 Å². The highest BCUT2D eigenvalue weighted by atomic mass is 16.5. The molecule has 0 spiro atoms. The number of rotatable bonds is 9. The van der Waals surface area contributed by atoms with Crippen molar-refractivity contribution in [2.75, 3.05) is 46.9 Å². The Morgan fingerprint density at radius 1 is 1.20 bits per heavy atom. The van der Waals surface area contributed by atoms with Crippen LogP contribution in [0, 0.1) is 19.8 Å². The lowest BCUT2D eigenvalue weighted by atomic mass is 9.95. The molecule has 0 unspecified atom stereocenters. The summed E-state index contributed by atoms with van der Waals surface area (Å²) in [4.78, 5) is 44.0. The summed E-state index contributed by atoms with van der Waals surface area (Å²) in [6.07, 6.45) is 2.38. The fourth-order valence-electron chi connectivity index (χ4n) is 3.90. The van der Waals surface area contributed by atoms with Gasteiger partial charge in [-0.05, 0) is 65.3 Å². The first-order chi connectivity index (χ1) is 14.2. The van der Waals surface area contributed by atoms with Crippen molar-refractivity contribution < 1.29 is 19.1 Å². The molecule has 0 aromatic carbocycles. The van der Waals surface area contributed by atoms with E-state index in [2.05, 4.69) is 10.3 Å². The number of aromatic amines is 1. The summed E-state index contributed by atoms with van der Waals surface area (Å²) in [6.45, 7) is 8.60. The number of nitrogens with zero attached hydrogens (tertiary/aromatic N) is 2. The van der Waals surface area contributed by atoms with Crippen molar-refractivity contribution in [3.8, 4) is 0 Å². The normalized spacial score (nSPS) is 14.8. The first-order valence-corrected chi connectivity index (χ1v) is 10.8. The second-order valence-corrected chi connectivity index (χ2v) is 8.20. The molecule has 0 bridgehead atoms. The molecule has 2 N–H and O–H groups in total. The molecule has 168 valence electrons. The van der Waals surface area contributed by atoms with Gasteiger partial charge in [-0.2, -0.15) is 0 Å². The van der Waals surface area contributed by atoms with E-state index in [-0.39, 0.29) is 23.7 Å². The maximum atomic E-state index is 12.7. The number of carbonyl (C=O) groups is 3. The molecule has 30 heavy (non-hydrogen) atoms. The molecule has 0 atom stereocenters. The molecular formula is C22H36N4O4. The summed E-state index contributed by atoms with van der Waals surface area (Å²) in [5, 5.41) is 2.98. The van der Waals surface area contributed by atoms with Crippen LogP contribution < -0.4 is 5.32 Å². The number of ether oxygens (including phenoxy) is 1. The molecule has 1 saturated heterocycles. The predicted octanol–water partition coefficient (Wildman–Crippen LogP) is 1.66. The van der Waals surface area contributed by atoms with Crippen LogP contribution in [0.1, 0.15) is 53.5 Å². The fourth-order valence-corrected chi connectivity index (χ4v) is 3.90. The summed E-state index contributed by atoms with van der Waals surface area (Å²) in [5.74, 6) is -0.188. The van der Waals surface area contributed by atoms with Crippen molar-refractivity contribution in [2.45, 2.75) is 46.5 Å². The molecule has 1 aliphatic rings. The Balaban J connectivity index is 1.82. The van der Waals surface area contributed by atoms with Crippen molar-refractivity contribution in [1.29, 1.82) is 0 Å². The molecule has 8 heteroatoms. The minimum Gasteiger partial charge on any atom is -0.461 e. The highest BCUT2D eigenvalue weighted by Crippen LogP contribution is 2.22. The van der Waals surface area contributed by atoms with Crippen LogP contribution in [0.4, 0.5) is 0 Å². The van der Waals surface area contributed by atoms with Gasteiger partial charge in [-0.1, -0.05) is 0 Å². The van der Waals surface area contributed by atoms with Crippen molar-refractivity contribution in [3.63, 3.8) is 0 Å². The van der Waals surface area contributed by atoms with Crippen LogP contribution in [-0.2, 0) is 20.7 Å². The first kappa shape index (κ1) is 23.9. The molecule has 0 saturated carbocycles. The van der Waals surface area contributed by atoms with Gasteiger partial charge in [-0.3, -0.25) is 9.59 Å². The second kappa shape index (κ2) is 11.2. The number of piperidine rings is 1.